The molecule has 4 aromatic carbocycles. The lowest BCUT2D eigenvalue weighted by Gasteiger charge is -2.12. The summed E-state index contributed by atoms with van der Waals surface area (Å²) in [6.07, 6.45) is 0. The Bertz CT molecular complexity index is 1870. The molecule has 0 fully saturated rings. The van der Waals surface area contributed by atoms with Gasteiger partial charge in [0, 0.05) is 6.07 Å². The summed E-state index contributed by atoms with van der Waals surface area (Å²) in [5.74, 6) is 0.590. The number of rotatable bonds is 9. The van der Waals surface area contributed by atoms with Gasteiger partial charge in [-0.1, -0.05) is 35.4 Å². The minimum Gasteiger partial charge on any atom is -0.496 e. The summed E-state index contributed by atoms with van der Waals surface area (Å²) in [6.45, 7) is 7.11. The average molecular weight is 645 g/mol. The predicted molar refractivity (Wildman–Crippen MR) is 165 cm³/mol. The van der Waals surface area contributed by atoms with Gasteiger partial charge >= 0.3 is 25.9 Å². The summed E-state index contributed by atoms with van der Waals surface area (Å²) in [7, 11) is -5.19. The van der Waals surface area contributed by atoms with Crippen molar-refractivity contribution in [3.63, 3.8) is 0 Å². The second-order valence-corrected chi connectivity index (χ2v) is 12.7. The third kappa shape index (κ3) is 8.17. The zero-order chi connectivity index (χ0) is 32.8. The van der Waals surface area contributed by atoms with Crippen molar-refractivity contribution in [1.29, 1.82) is 0 Å². The van der Waals surface area contributed by atoms with Crippen molar-refractivity contribution in [3.8, 4) is 23.0 Å². The fraction of sp³-hybridized carbons (Fsp3) is 0.200. The standard InChI is InChI=1S/C15H15NO6S.C15H17NO4S/c1-10-4-6-12(7-5-10)23(19,20)22-15-8-11(2)14(21-3)9-13(15)16(17)18;1-10-4-6-12(7-5-10)21(17,18)20-15-8-11(2)14(19-3)9-13(15)16/h4-9H,1-3H3;4-9H,16H2,1-3H3. The van der Waals surface area contributed by atoms with Crippen molar-refractivity contribution < 1.29 is 39.6 Å². The van der Waals surface area contributed by atoms with E-state index >= 15 is 0 Å². The van der Waals surface area contributed by atoms with Crippen LogP contribution in [0.3, 0.4) is 0 Å². The highest BCUT2D eigenvalue weighted by Gasteiger charge is 2.25. The topological polar surface area (TPSA) is 174 Å². The maximum atomic E-state index is 12.3. The van der Waals surface area contributed by atoms with Gasteiger partial charge in [-0.2, -0.15) is 16.8 Å². The largest absolute Gasteiger partial charge is 0.496 e. The van der Waals surface area contributed by atoms with E-state index in [4.69, 9.17) is 23.6 Å². The Morgan fingerprint density at radius 1 is 0.614 bits per heavy atom. The Kier molecular flexibility index (Phi) is 10.4. The van der Waals surface area contributed by atoms with Crippen LogP contribution in [-0.2, 0) is 20.2 Å². The van der Waals surface area contributed by atoms with Crippen molar-refractivity contribution in [2.24, 2.45) is 0 Å². The Morgan fingerprint density at radius 2 is 1.00 bits per heavy atom. The van der Waals surface area contributed by atoms with E-state index in [0.29, 0.717) is 11.3 Å². The van der Waals surface area contributed by atoms with Crippen LogP contribution >= 0.6 is 0 Å². The number of ether oxygens (including phenoxy) is 2. The number of aryl methyl sites for hydroxylation is 4. The number of nitrogen functional groups attached to an aromatic ring is 1. The first kappa shape index (κ1) is 33.7. The SMILES string of the molecule is COc1cc(N)c(OS(=O)(=O)c2ccc(C)cc2)cc1C.COc1cc([N+](=O)[O-])c(OS(=O)(=O)c2ccc(C)cc2)cc1C. The van der Waals surface area contributed by atoms with Crippen molar-refractivity contribution in [2.45, 2.75) is 37.5 Å². The minimum atomic E-state index is -4.17. The van der Waals surface area contributed by atoms with E-state index in [-0.39, 0.29) is 32.7 Å². The molecule has 234 valence electrons. The number of methoxy groups -OCH3 is 2. The summed E-state index contributed by atoms with van der Waals surface area (Å²) >= 11 is 0. The van der Waals surface area contributed by atoms with Crippen LogP contribution in [0.2, 0.25) is 0 Å². The number of benzene rings is 4. The first-order chi connectivity index (χ1) is 20.6. The molecule has 0 spiro atoms. The van der Waals surface area contributed by atoms with Gasteiger partial charge in [0.2, 0.25) is 5.75 Å². The van der Waals surface area contributed by atoms with Crippen LogP contribution in [0, 0.1) is 37.8 Å². The first-order valence-electron chi connectivity index (χ1n) is 12.9. The molecule has 2 N–H and O–H groups in total. The van der Waals surface area contributed by atoms with Crippen molar-refractivity contribution >= 4 is 31.6 Å². The van der Waals surface area contributed by atoms with Crippen molar-refractivity contribution in [1.82, 2.24) is 0 Å². The minimum absolute atomic E-state index is 0.0779. The Hall–Kier alpha value is -4.82. The molecule has 12 nitrogen and oxygen atoms in total. The van der Waals surface area contributed by atoms with E-state index < -0.39 is 30.8 Å². The number of hydrogen-bond donors (Lipinski definition) is 1. The number of nitro benzene ring substituents is 1. The normalized spacial score (nSPS) is 11.1. The van der Waals surface area contributed by atoms with Crippen LogP contribution in [0.4, 0.5) is 11.4 Å². The molecule has 0 bridgehead atoms. The van der Waals surface area contributed by atoms with E-state index in [1.54, 1.807) is 44.2 Å². The van der Waals surface area contributed by atoms with Crippen molar-refractivity contribution in [3.05, 3.63) is 105 Å². The molecule has 0 unspecified atom stereocenters. The maximum absolute atomic E-state index is 12.3. The number of nitrogens with zero attached hydrogens (tertiary/aromatic N) is 1. The lowest BCUT2D eigenvalue weighted by atomic mass is 10.2. The predicted octanol–water partition coefficient (Wildman–Crippen LogP) is 5.65. The van der Waals surface area contributed by atoms with Gasteiger partial charge < -0.3 is 23.6 Å². The van der Waals surface area contributed by atoms with E-state index in [9.17, 15) is 26.9 Å². The Morgan fingerprint density at radius 3 is 1.41 bits per heavy atom. The molecule has 4 aromatic rings. The molecule has 4 rings (SSSR count). The molecule has 0 aromatic heterocycles. The highest BCUT2D eigenvalue weighted by molar-refractivity contribution is 7.87. The monoisotopic (exact) mass is 644 g/mol. The van der Waals surface area contributed by atoms with Crippen LogP contribution in [0.1, 0.15) is 22.3 Å². The van der Waals surface area contributed by atoms with Crippen LogP contribution in [0.5, 0.6) is 23.0 Å². The number of nitrogens with two attached hydrogens (primary N) is 1. The Balaban J connectivity index is 0.000000241. The molecule has 0 amide bonds. The van der Waals surface area contributed by atoms with E-state index in [2.05, 4.69) is 0 Å². The van der Waals surface area contributed by atoms with Crippen LogP contribution in [0.15, 0.2) is 82.6 Å². The molecule has 0 saturated carbocycles. The van der Waals surface area contributed by atoms with Gasteiger partial charge in [-0.3, -0.25) is 10.1 Å². The van der Waals surface area contributed by atoms with Gasteiger partial charge in [-0.25, -0.2) is 0 Å². The van der Waals surface area contributed by atoms with E-state index in [1.165, 1.54) is 50.6 Å². The maximum Gasteiger partial charge on any atom is 0.339 e. The molecule has 0 aliphatic heterocycles. The number of hydrogen-bond acceptors (Lipinski definition) is 11. The van der Waals surface area contributed by atoms with Gasteiger partial charge in [0.15, 0.2) is 5.75 Å². The zero-order valence-electron chi connectivity index (χ0n) is 24.9. The van der Waals surface area contributed by atoms with Gasteiger partial charge in [0.1, 0.15) is 21.3 Å². The number of nitro groups is 1. The molecule has 44 heavy (non-hydrogen) atoms. The van der Waals surface area contributed by atoms with Gasteiger partial charge in [-0.05, 0) is 75.2 Å². The third-order valence-corrected chi connectivity index (χ3v) is 8.72. The lowest BCUT2D eigenvalue weighted by molar-refractivity contribution is -0.385. The molecule has 0 radical (unpaired) electrons. The fourth-order valence-electron chi connectivity index (χ4n) is 3.79. The molecule has 0 aliphatic rings. The summed E-state index contributed by atoms with van der Waals surface area (Å²) in [6, 6.07) is 17.9. The zero-order valence-corrected chi connectivity index (χ0v) is 26.5. The summed E-state index contributed by atoms with van der Waals surface area (Å²) in [5.41, 5.74) is 8.63. The second kappa shape index (κ2) is 13.7. The third-order valence-electron chi connectivity index (χ3n) is 6.22. The molecule has 0 saturated heterocycles. The summed E-state index contributed by atoms with van der Waals surface area (Å²) in [4.78, 5) is 10.4. The molecule has 0 heterocycles. The quantitative estimate of drug-likeness (QED) is 0.103. The van der Waals surface area contributed by atoms with Crippen LogP contribution in [0.25, 0.3) is 0 Å². The molecule has 14 heteroatoms. The smallest absolute Gasteiger partial charge is 0.339 e. The van der Waals surface area contributed by atoms with Gasteiger partial charge in [0.25, 0.3) is 0 Å². The highest BCUT2D eigenvalue weighted by Crippen LogP contribution is 2.36. The lowest BCUT2D eigenvalue weighted by Crippen LogP contribution is -2.11. The summed E-state index contributed by atoms with van der Waals surface area (Å²) < 4.78 is 69.2. The second-order valence-electron chi connectivity index (χ2n) is 9.61. The van der Waals surface area contributed by atoms with Gasteiger partial charge in [0.05, 0.1) is 30.9 Å². The van der Waals surface area contributed by atoms with E-state index in [0.717, 1.165) is 22.8 Å². The average Bonchev–Trinajstić information content (AvgIpc) is 2.95. The fourth-order valence-corrected chi connectivity index (χ4v) is 5.67. The molecule has 0 atom stereocenters. The Labute approximate surface area is 256 Å². The van der Waals surface area contributed by atoms with Gasteiger partial charge in [-0.15, -0.1) is 0 Å². The van der Waals surface area contributed by atoms with E-state index in [1.807, 2.05) is 13.8 Å². The van der Waals surface area contributed by atoms with Crippen LogP contribution < -0.4 is 23.6 Å². The number of anilines is 1. The molecular weight excluding hydrogens is 612 g/mol. The van der Waals surface area contributed by atoms with Crippen LogP contribution in [-0.4, -0.2) is 36.0 Å². The van der Waals surface area contributed by atoms with Crippen molar-refractivity contribution in [2.75, 3.05) is 20.0 Å². The summed E-state index contributed by atoms with van der Waals surface area (Å²) in [5, 5.41) is 11.1. The highest BCUT2D eigenvalue weighted by atomic mass is 32.2. The molecular formula is C30H32N2O10S2. The molecule has 0 aliphatic carbocycles. The first-order valence-corrected chi connectivity index (χ1v) is 15.7.